The zero-order valence-electron chi connectivity index (χ0n) is 10.3. The molecule has 92 valence electrons. The van der Waals surface area contributed by atoms with E-state index in [1.807, 2.05) is 43.3 Å². The predicted molar refractivity (Wildman–Crippen MR) is 71.3 cm³/mol. The van der Waals surface area contributed by atoms with Gasteiger partial charge in [0, 0.05) is 29.9 Å². The van der Waals surface area contributed by atoms with Crippen molar-refractivity contribution in [2.75, 3.05) is 0 Å². The lowest BCUT2D eigenvalue weighted by Gasteiger charge is -2.10. The molecule has 0 aliphatic rings. The first kappa shape index (κ1) is 12.5. The van der Waals surface area contributed by atoms with Crippen LogP contribution in [-0.4, -0.2) is 10.8 Å². The van der Waals surface area contributed by atoms with E-state index in [0.29, 0.717) is 12.0 Å². The summed E-state index contributed by atoms with van der Waals surface area (Å²) in [4.78, 5) is 16.1. The van der Waals surface area contributed by atoms with E-state index in [-0.39, 0.29) is 11.8 Å². The summed E-state index contributed by atoms with van der Waals surface area (Å²) in [7, 11) is 0. The van der Waals surface area contributed by atoms with Gasteiger partial charge in [0.15, 0.2) is 5.78 Å². The summed E-state index contributed by atoms with van der Waals surface area (Å²) in [5.41, 5.74) is 8.52. The van der Waals surface area contributed by atoms with Crippen molar-refractivity contribution < 1.29 is 4.79 Å². The highest BCUT2D eigenvalue weighted by atomic mass is 16.1. The fourth-order valence-corrected chi connectivity index (χ4v) is 1.77. The van der Waals surface area contributed by atoms with Crippen molar-refractivity contribution in [3.8, 4) is 0 Å². The van der Waals surface area contributed by atoms with Crippen LogP contribution in [0.15, 0.2) is 48.7 Å². The van der Waals surface area contributed by atoms with Crippen molar-refractivity contribution >= 4 is 5.78 Å². The smallest absolute Gasteiger partial charge is 0.166 e. The molecule has 0 radical (unpaired) electrons. The number of aryl methyl sites for hydroxylation is 1. The van der Waals surface area contributed by atoms with Crippen LogP contribution in [0, 0.1) is 6.92 Å². The molecule has 0 bridgehead atoms. The molecule has 18 heavy (non-hydrogen) atoms. The summed E-state index contributed by atoms with van der Waals surface area (Å²) >= 11 is 0. The summed E-state index contributed by atoms with van der Waals surface area (Å²) in [6, 6.07) is 13.0. The van der Waals surface area contributed by atoms with Crippen molar-refractivity contribution in [1.82, 2.24) is 4.98 Å². The summed E-state index contributed by atoms with van der Waals surface area (Å²) < 4.78 is 0. The van der Waals surface area contributed by atoms with Crippen LogP contribution in [0.5, 0.6) is 0 Å². The summed E-state index contributed by atoms with van der Waals surface area (Å²) in [6.45, 7) is 1.89. The fraction of sp³-hybridized carbons (Fsp3) is 0.200. The Bertz CT molecular complexity index is 520. The van der Waals surface area contributed by atoms with E-state index in [2.05, 4.69) is 4.98 Å². The number of pyridine rings is 1. The van der Waals surface area contributed by atoms with Gasteiger partial charge in [-0.3, -0.25) is 9.78 Å². The minimum Gasteiger partial charge on any atom is -0.324 e. The topological polar surface area (TPSA) is 56.0 Å². The maximum absolute atomic E-state index is 12.0. The lowest BCUT2D eigenvalue weighted by Crippen LogP contribution is -2.15. The lowest BCUT2D eigenvalue weighted by molar-refractivity contribution is 0.0974. The lowest BCUT2D eigenvalue weighted by atomic mass is 9.99. The van der Waals surface area contributed by atoms with Gasteiger partial charge < -0.3 is 5.73 Å². The molecule has 2 N–H and O–H groups in total. The first-order valence-electron chi connectivity index (χ1n) is 5.93. The molecule has 3 nitrogen and oxygen atoms in total. The molecule has 1 atom stereocenters. The second-order valence-corrected chi connectivity index (χ2v) is 4.33. The largest absolute Gasteiger partial charge is 0.324 e. The standard InChI is InChI=1S/C15H16N2O/c1-11-7-8-13(10-17-11)15(18)9-14(16)12-5-3-2-4-6-12/h2-8,10,14H,9,16H2,1H3. The molecule has 0 fully saturated rings. The third-order valence-electron chi connectivity index (χ3n) is 2.87. The molecule has 2 rings (SSSR count). The van der Waals surface area contributed by atoms with Crippen LogP contribution in [0.4, 0.5) is 0 Å². The highest BCUT2D eigenvalue weighted by Crippen LogP contribution is 2.16. The van der Waals surface area contributed by atoms with Gasteiger partial charge in [-0.05, 0) is 24.6 Å². The number of benzene rings is 1. The van der Waals surface area contributed by atoms with Gasteiger partial charge in [0.25, 0.3) is 0 Å². The van der Waals surface area contributed by atoms with Crippen molar-refractivity contribution in [2.24, 2.45) is 5.73 Å². The minimum atomic E-state index is -0.264. The number of rotatable bonds is 4. The van der Waals surface area contributed by atoms with Gasteiger partial charge in [-0.1, -0.05) is 30.3 Å². The average Bonchev–Trinajstić information content (AvgIpc) is 2.40. The van der Waals surface area contributed by atoms with Gasteiger partial charge in [-0.2, -0.15) is 0 Å². The monoisotopic (exact) mass is 240 g/mol. The summed E-state index contributed by atoms with van der Waals surface area (Å²) in [5.74, 6) is 0.0267. The van der Waals surface area contributed by atoms with Gasteiger partial charge in [0.1, 0.15) is 0 Å². The maximum Gasteiger partial charge on any atom is 0.166 e. The Balaban J connectivity index is 2.06. The Morgan fingerprint density at radius 2 is 1.94 bits per heavy atom. The molecule has 0 aliphatic heterocycles. The molecule has 2 aromatic rings. The van der Waals surface area contributed by atoms with Crippen molar-refractivity contribution in [3.63, 3.8) is 0 Å². The second kappa shape index (κ2) is 5.56. The molecule has 0 aliphatic carbocycles. The van der Waals surface area contributed by atoms with E-state index < -0.39 is 0 Å². The Hall–Kier alpha value is -2.00. The van der Waals surface area contributed by atoms with Gasteiger partial charge in [-0.15, -0.1) is 0 Å². The molecule has 1 aromatic heterocycles. The Morgan fingerprint density at radius 3 is 2.56 bits per heavy atom. The van der Waals surface area contributed by atoms with Crippen LogP contribution >= 0.6 is 0 Å². The number of nitrogens with two attached hydrogens (primary N) is 1. The molecular weight excluding hydrogens is 224 g/mol. The number of nitrogens with zero attached hydrogens (tertiary/aromatic N) is 1. The molecule has 0 spiro atoms. The van der Waals surface area contributed by atoms with Crippen molar-refractivity contribution in [2.45, 2.75) is 19.4 Å². The number of hydrogen-bond acceptors (Lipinski definition) is 3. The number of carbonyl (C=O) groups is 1. The van der Waals surface area contributed by atoms with Gasteiger partial charge in [0.05, 0.1) is 0 Å². The average molecular weight is 240 g/mol. The summed E-state index contributed by atoms with van der Waals surface area (Å²) in [5, 5.41) is 0. The molecule has 0 saturated carbocycles. The molecular formula is C15H16N2O. The van der Waals surface area contributed by atoms with E-state index in [1.54, 1.807) is 12.3 Å². The predicted octanol–water partition coefficient (Wildman–Crippen LogP) is 2.66. The van der Waals surface area contributed by atoms with Crippen LogP contribution in [0.1, 0.15) is 34.1 Å². The van der Waals surface area contributed by atoms with Gasteiger partial charge >= 0.3 is 0 Å². The Morgan fingerprint density at radius 1 is 1.22 bits per heavy atom. The number of Topliss-reactive ketones (excluding diaryl/α,β-unsaturated/α-hetero) is 1. The molecule has 0 saturated heterocycles. The van der Waals surface area contributed by atoms with E-state index in [1.165, 1.54) is 0 Å². The quantitative estimate of drug-likeness (QED) is 0.836. The van der Waals surface area contributed by atoms with Crippen LogP contribution in [0.2, 0.25) is 0 Å². The van der Waals surface area contributed by atoms with Crippen molar-refractivity contribution in [3.05, 3.63) is 65.5 Å². The van der Waals surface area contributed by atoms with Crippen LogP contribution in [0.25, 0.3) is 0 Å². The van der Waals surface area contributed by atoms with Gasteiger partial charge in [-0.25, -0.2) is 0 Å². The fourth-order valence-electron chi connectivity index (χ4n) is 1.77. The molecule has 0 amide bonds. The SMILES string of the molecule is Cc1ccc(C(=O)CC(N)c2ccccc2)cn1. The Kier molecular flexibility index (Phi) is 3.85. The highest BCUT2D eigenvalue weighted by Gasteiger charge is 2.13. The molecule has 1 aromatic carbocycles. The number of carbonyl (C=O) groups excluding carboxylic acids is 1. The van der Waals surface area contributed by atoms with E-state index in [9.17, 15) is 4.79 Å². The zero-order valence-corrected chi connectivity index (χ0v) is 10.3. The number of hydrogen-bond donors (Lipinski definition) is 1. The van der Waals surface area contributed by atoms with E-state index >= 15 is 0 Å². The van der Waals surface area contributed by atoms with E-state index in [4.69, 9.17) is 5.73 Å². The zero-order chi connectivity index (χ0) is 13.0. The van der Waals surface area contributed by atoms with Crippen molar-refractivity contribution in [1.29, 1.82) is 0 Å². The first-order chi connectivity index (χ1) is 8.66. The summed E-state index contributed by atoms with van der Waals surface area (Å²) in [6.07, 6.45) is 1.91. The Labute approximate surface area is 107 Å². The van der Waals surface area contributed by atoms with Crippen LogP contribution < -0.4 is 5.73 Å². The molecule has 1 unspecified atom stereocenters. The normalized spacial score (nSPS) is 12.1. The van der Waals surface area contributed by atoms with Gasteiger partial charge in [0.2, 0.25) is 0 Å². The molecule has 3 heteroatoms. The highest BCUT2D eigenvalue weighted by molar-refractivity contribution is 5.96. The van der Waals surface area contributed by atoms with Crippen LogP contribution in [0.3, 0.4) is 0 Å². The first-order valence-corrected chi connectivity index (χ1v) is 5.93. The second-order valence-electron chi connectivity index (χ2n) is 4.33. The van der Waals surface area contributed by atoms with Crippen LogP contribution in [-0.2, 0) is 0 Å². The maximum atomic E-state index is 12.0. The third kappa shape index (κ3) is 3.02. The minimum absolute atomic E-state index is 0.0267. The van der Waals surface area contributed by atoms with E-state index in [0.717, 1.165) is 11.3 Å². The number of aromatic nitrogens is 1. The third-order valence-corrected chi connectivity index (χ3v) is 2.87. The number of ketones is 1. The molecule has 1 heterocycles.